The monoisotopic (exact) mass is 262 g/mol. The summed E-state index contributed by atoms with van der Waals surface area (Å²) in [4.78, 5) is 0. The third-order valence-corrected chi connectivity index (χ3v) is 3.83. The van der Waals surface area contributed by atoms with E-state index in [4.69, 9.17) is 5.26 Å². The fourth-order valence-corrected chi connectivity index (χ4v) is 2.63. The normalized spacial score (nSPS) is 15.6. The second kappa shape index (κ2) is 5.90. The van der Waals surface area contributed by atoms with Gasteiger partial charge in [-0.05, 0) is 42.0 Å². The van der Waals surface area contributed by atoms with Gasteiger partial charge in [0.2, 0.25) is 0 Å². The Hall–Kier alpha value is -2.11. The van der Waals surface area contributed by atoms with Gasteiger partial charge < -0.3 is 5.32 Å². The number of nitrogens with zero attached hydrogens (tertiary/aromatic N) is 1. The summed E-state index contributed by atoms with van der Waals surface area (Å²) in [6, 6.07) is 21.1. The quantitative estimate of drug-likeness (QED) is 0.889. The molecule has 0 spiro atoms. The maximum absolute atomic E-state index is 8.95. The number of nitriles is 1. The molecule has 2 aromatic carbocycles. The predicted octanol–water partition coefficient (Wildman–Crippen LogP) is 3.80. The molecule has 2 aromatic rings. The lowest BCUT2D eigenvalue weighted by Crippen LogP contribution is -2.22. The molecule has 0 bridgehead atoms. The molecule has 1 fully saturated rings. The van der Waals surface area contributed by atoms with Crippen LogP contribution in [-0.4, -0.2) is 0 Å². The molecule has 1 aliphatic rings. The van der Waals surface area contributed by atoms with E-state index in [1.54, 1.807) is 0 Å². The molecule has 2 heteroatoms. The highest BCUT2D eigenvalue weighted by molar-refractivity contribution is 5.33. The van der Waals surface area contributed by atoms with Crippen molar-refractivity contribution in [1.29, 1.82) is 5.26 Å². The maximum atomic E-state index is 8.95. The molecule has 0 heterocycles. The third-order valence-electron chi connectivity index (χ3n) is 3.83. The lowest BCUT2D eigenvalue weighted by Gasteiger charge is -2.19. The Kier molecular flexibility index (Phi) is 3.80. The largest absolute Gasteiger partial charge is 0.306 e. The van der Waals surface area contributed by atoms with Gasteiger partial charge in [-0.2, -0.15) is 5.26 Å². The third kappa shape index (κ3) is 3.07. The summed E-state index contributed by atoms with van der Waals surface area (Å²) in [7, 11) is 0. The van der Waals surface area contributed by atoms with E-state index in [9.17, 15) is 0 Å². The van der Waals surface area contributed by atoms with Crippen LogP contribution in [0.2, 0.25) is 0 Å². The van der Waals surface area contributed by atoms with Gasteiger partial charge >= 0.3 is 0 Å². The SMILES string of the molecule is N#Cc1cccc(CNC(c2ccccc2)C2CC2)c1. The smallest absolute Gasteiger partial charge is 0.0991 e. The standard InChI is InChI=1S/C18H18N2/c19-12-14-5-4-6-15(11-14)13-20-18(17-9-10-17)16-7-2-1-3-8-16/h1-8,11,17-18,20H,9-10,13H2. The zero-order valence-electron chi connectivity index (χ0n) is 11.4. The highest BCUT2D eigenvalue weighted by Crippen LogP contribution is 2.41. The summed E-state index contributed by atoms with van der Waals surface area (Å²) < 4.78 is 0. The summed E-state index contributed by atoms with van der Waals surface area (Å²) in [5.41, 5.74) is 3.27. The van der Waals surface area contributed by atoms with Crippen LogP contribution < -0.4 is 5.32 Å². The van der Waals surface area contributed by atoms with E-state index < -0.39 is 0 Å². The molecule has 0 radical (unpaired) electrons. The molecule has 3 rings (SSSR count). The van der Waals surface area contributed by atoms with Crippen LogP contribution in [0.25, 0.3) is 0 Å². The molecule has 100 valence electrons. The zero-order chi connectivity index (χ0) is 13.8. The van der Waals surface area contributed by atoms with E-state index in [0.717, 1.165) is 18.0 Å². The van der Waals surface area contributed by atoms with Crippen LogP contribution in [-0.2, 0) is 6.54 Å². The first-order valence-corrected chi connectivity index (χ1v) is 7.14. The highest BCUT2D eigenvalue weighted by atomic mass is 14.9. The number of nitrogens with one attached hydrogen (secondary N) is 1. The second-order valence-electron chi connectivity index (χ2n) is 5.42. The minimum Gasteiger partial charge on any atom is -0.306 e. The van der Waals surface area contributed by atoms with E-state index in [1.165, 1.54) is 24.0 Å². The Morgan fingerprint density at radius 2 is 1.90 bits per heavy atom. The van der Waals surface area contributed by atoms with Gasteiger partial charge in [-0.3, -0.25) is 0 Å². The summed E-state index contributed by atoms with van der Waals surface area (Å²) in [6.45, 7) is 0.811. The molecule has 1 unspecified atom stereocenters. The van der Waals surface area contributed by atoms with E-state index >= 15 is 0 Å². The summed E-state index contributed by atoms with van der Waals surface area (Å²) in [6.07, 6.45) is 2.62. The van der Waals surface area contributed by atoms with Crippen LogP contribution in [0.4, 0.5) is 0 Å². The number of hydrogen-bond donors (Lipinski definition) is 1. The molecule has 0 aliphatic heterocycles. The lowest BCUT2D eigenvalue weighted by molar-refractivity contribution is 0.480. The van der Waals surface area contributed by atoms with Crippen LogP contribution in [0.15, 0.2) is 54.6 Å². The van der Waals surface area contributed by atoms with E-state index in [2.05, 4.69) is 47.8 Å². The number of rotatable bonds is 5. The molecule has 0 aromatic heterocycles. The predicted molar refractivity (Wildman–Crippen MR) is 79.9 cm³/mol. The average molecular weight is 262 g/mol. The van der Waals surface area contributed by atoms with Gasteiger partial charge in [0, 0.05) is 12.6 Å². The Morgan fingerprint density at radius 3 is 2.60 bits per heavy atom. The van der Waals surface area contributed by atoms with E-state index in [0.29, 0.717) is 6.04 Å². The molecular formula is C18H18N2. The Balaban J connectivity index is 1.70. The molecule has 2 nitrogen and oxygen atoms in total. The van der Waals surface area contributed by atoms with Crippen LogP contribution >= 0.6 is 0 Å². The summed E-state index contributed by atoms with van der Waals surface area (Å²) in [5, 5.41) is 12.6. The van der Waals surface area contributed by atoms with Crippen molar-refractivity contribution in [2.75, 3.05) is 0 Å². The minimum atomic E-state index is 0.432. The second-order valence-corrected chi connectivity index (χ2v) is 5.42. The van der Waals surface area contributed by atoms with Crippen molar-refractivity contribution in [3.63, 3.8) is 0 Å². The van der Waals surface area contributed by atoms with Crippen molar-refractivity contribution < 1.29 is 0 Å². The molecule has 0 amide bonds. The highest BCUT2D eigenvalue weighted by Gasteiger charge is 2.31. The molecular weight excluding hydrogens is 244 g/mol. The van der Waals surface area contributed by atoms with Gasteiger partial charge in [0.05, 0.1) is 11.6 Å². The van der Waals surface area contributed by atoms with Gasteiger partial charge in [0.25, 0.3) is 0 Å². The fraction of sp³-hybridized carbons (Fsp3) is 0.278. The first-order valence-electron chi connectivity index (χ1n) is 7.14. The Morgan fingerprint density at radius 1 is 1.10 bits per heavy atom. The zero-order valence-corrected chi connectivity index (χ0v) is 11.4. The van der Waals surface area contributed by atoms with Crippen LogP contribution in [0.3, 0.4) is 0 Å². The average Bonchev–Trinajstić information content (AvgIpc) is 3.34. The summed E-state index contributed by atoms with van der Waals surface area (Å²) >= 11 is 0. The molecule has 1 atom stereocenters. The first kappa shape index (κ1) is 12.9. The number of hydrogen-bond acceptors (Lipinski definition) is 2. The van der Waals surface area contributed by atoms with Crippen molar-refractivity contribution in [3.05, 3.63) is 71.3 Å². The van der Waals surface area contributed by atoms with E-state index in [-0.39, 0.29) is 0 Å². The van der Waals surface area contributed by atoms with Gasteiger partial charge in [0.1, 0.15) is 0 Å². The fourth-order valence-electron chi connectivity index (χ4n) is 2.63. The molecule has 20 heavy (non-hydrogen) atoms. The topological polar surface area (TPSA) is 35.8 Å². The molecule has 1 saturated carbocycles. The van der Waals surface area contributed by atoms with Gasteiger partial charge in [-0.25, -0.2) is 0 Å². The Labute approximate surface area is 120 Å². The first-order chi connectivity index (χ1) is 9.86. The van der Waals surface area contributed by atoms with Gasteiger partial charge in [0.15, 0.2) is 0 Å². The maximum Gasteiger partial charge on any atom is 0.0991 e. The van der Waals surface area contributed by atoms with Crippen molar-refractivity contribution >= 4 is 0 Å². The van der Waals surface area contributed by atoms with Crippen LogP contribution in [0, 0.1) is 17.2 Å². The Bertz CT molecular complexity index is 609. The number of benzene rings is 2. The van der Waals surface area contributed by atoms with Gasteiger partial charge in [-0.1, -0.05) is 42.5 Å². The van der Waals surface area contributed by atoms with Crippen molar-refractivity contribution in [1.82, 2.24) is 5.32 Å². The van der Waals surface area contributed by atoms with Crippen LogP contribution in [0.5, 0.6) is 0 Å². The van der Waals surface area contributed by atoms with Crippen LogP contribution in [0.1, 0.15) is 35.6 Å². The molecule has 1 aliphatic carbocycles. The molecule has 1 N–H and O–H groups in total. The van der Waals surface area contributed by atoms with Crippen molar-refractivity contribution in [2.24, 2.45) is 5.92 Å². The lowest BCUT2D eigenvalue weighted by atomic mass is 10.0. The molecule has 0 saturated heterocycles. The van der Waals surface area contributed by atoms with Gasteiger partial charge in [-0.15, -0.1) is 0 Å². The van der Waals surface area contributed by atoms with Crippen molar-refractivity contribution in [2.45, 2.75) is 25.4 Å². The minimum absolute atomic E-state index is 0.432. The summed E-state index contributed by atoms with van der Waals surface area (Å²) in [5.74, 6) is 0.761. The van der Waals surface area contributed by atoms with E-state index in [1.807, 2.05) is 18.2 Å². The van der Waals surface area contributed by atoms with Crippen molar-refractivity contribution in [3.8, 4) is 6.07 Å².